The van der Waals surface area contributed by atoms with Crippen LogP contribution in [0.1, 0.15) is 15.5 Å². The molecule has 14 heteroatoms. The van der Waals surface area contributed by atoms with Crippen molar-refractivity contribution in [3.8, 4) is 0 Å². The molecule has 0 bridgehead atoms. The number of ether oxygens (including phenoxy) is 1. The van der Waals surface area contributed by atoms with Gasteiger partial charge in [-0.3, -0.25) is 4.79 Å². The summed E-state index contributed by atoms with van der Waals surface area (Å²) in [7, 11) is 0. The van der Waals surface area contributed by atoms with E-state index < -0.39 is 12.1 Å². The number of carbonyl (C=O) groups excluding carboxylic acids is 1. The number of hydrogen-bond donors (Lipinski definition) is 2. The number of nitrogens with one attached hydrogen (secondary N) is 1. The van der Waals surface area contributed by atoms with Crippen LogP contribution in [0.15, 0.2) is 10.9 Å². The second-order valence-corrected chi connectivity index (χ2v) is 8.57. The van der Waals surface area contributed by atoms with Crippen LogP contribution < -0.4 is 10.2 Å². The van der Waals surface area contributed by atoms with Crippen LogP contribution in [-0.2, 0) is 9.53 Å². The van der Waals surface area contributed by atoms with Gasteiger partial charge in [0, 0.05) is 36.9 Å². The summed E-state index contributed by atoms with van der Waals surface area (Å²) in [5, 5.41) is 22.1. The molecule has 2 aromatic rings. The van der Waals surface area contributed by atoms with E-state index >= 15 is 0 Å². The number of thiazole rings is 1. The molecule has 2 aliphatic heterocycles. The van der Waals surface area contributed by atoms with Gasteiger partial charge in [0.15, 0.2) is 0 Å². The number of aliphatic carboxylic acids is 1. The summed E-state index contributed by atoms with van der Waals surface area (Å²) >= 11 is 3.04. The Balaban J connectivity index is 0.000000318. The molecule has 9 nitrogen and oxygen atoms in total. The summed E-state index contributed by atoms with van der Waals surface area (Å²) in [6, 6.07) is 0. The maximum Gasteiger partial charge on any atom is 0.490 e. The van der Waals surface area contributed by atoms with Gasteiger partial charge >= 0.3 is 12.1 Å². The summed E-state index contributed by atoms with van der Waals surface area (Å²) < 4.78 is 37.7. The van der Waals surface area contributed by atoms with E-state index in [9.17, 15) is 18.0 Å². The number of carboxylic acids is 1. The number of carbonyl (C=O) groups is 2. The molecule has 2 fully saturated rings. The van der Waals surface area contributed by atoms with Gasteiger partial charge in [-0.25, -0.2) is 9.78 Å². The zero-order valence-electron chi connectivity index (χ0n) is 15.6. The summed E-state index contributed by atoms with van der Waals surface area (Å²) in [6.07, 6.45) is -4.86. The first-order chi connectivity index (χ1) is 14.1. The van der Waals surface area contributed by atoms with Gasteiger partial charge in [-0.05, 0) is 6.92 Å². The summed E-state index contributed by atoms with van der Waals surface area (Å²) in [5.74, 6) is -2.10. The number of amides is 1. The van der Waals surface area contributed by atoms with E-state index in [1.807, 2.05) is 6.92 Å². The van der Waals surface area contributed by atoms with Gasteiger partial charge in [0.2, 0.25) is 5.13 Å². The van der Waals surface area contributed by atoms with Gasteiger partial charge in [-0.2, -0.15) is 13.2 Å². The number of alkyl halides is 3. The van der Waals surface area contributed by atoms with Crippen LogP contribution in [0.25, 0.3) is 0 Å². The van der Waals surface area contributed by atoms with Crippen molar-refractivity contribution in [2.75, 3.05) is 31.1 Å². The van der Waals surface area contributed by atoms with Crippen molar-refractivity contribution in [3.05, 3.63) is 21.6 Å². The molecule has 164 valence electrons. The van der Waals surface area contributed by atoms with Gasteiger partial charge in [0.25, 0.3) is 5.91 Å². The molecule has 0 aromatic carbocycles. The molecule has 3 atom stereocenters. The highest BCUT2D eigenvalue weighted by Gasteiger charge is 2.44. The minimum atomic E-state index is -5.08. The monoisotopic (exact) mass is 465 g/mol. The average molecular weight is 465 g/mol. The molecular formula is C16H18F3N5O4S2. The molecular weight excluding hydrogens is 447 g/mol. The molecule has 4 heterocycles. The lowest BCUT2D eigenvalue weighted by molar-refractivity contribution is -0.192. The zero-order valence-corrected chi connectivity index (χ0v) is 17.3. The highest BCUT2D eigenvalue weighted by molar-refractivity contribution is 7.15. The molecule has 4 rings (SSSR count). The molecule has 2 N–H and O–H groups in total. The Bertz CT molecular complexity index is 877. The predicted molar refractivity (Wildman–Crippen MR) is 102 cm³/mol. The molecule has 2 saturated heterocycles. The standard InChI is InChI=1S/C14H17N5O2S2.C2HF3O2/c1-8-17-18-14(23-8)19-3-10-9(5-21-12(10)4-19)2-15-13(20)11-6-22-7-16-11;3-2(4,5)1(6)7/h6-7,9-10,12H,2-5H2,1H3,(H,15,20);(H,6,7)/t9-,10-,12-;/m1./s1. The first-order valence-corrected chi connectivity index (χ1v) is 10.5. The van der Waals surface area contributed by atoms with Gasteiger partial charge in [0.1, 0.15) is 10.7 Å². The van der Waals surface area contributed by atoms with Crippen LogP contribution in [0.5, 0.6) is 0 Å². The number of hydrogen-bond acceptors (Lipinski definition) is 9. The number of carboxylic acid groups (broad SMARTS) is 1. The zero-order chi connectivity index (χ0) is 21.9. The number of aromatic nitrogens is 3. The van der Waals surface area contributed by atoms with Crippen LogP contribution >= 0.6 is 22.7 Å². The number of halogens is 3. The van der Waals surface area contributed by atoms with Crippen molar-refractivity contribution in [2.24, 2.45) is 11.8 Å². The Morgan fingerprint density at radius 2 is 2.10 bits per heavy atom. The third kappa shape index (κ3) is 5.43. The van der Waals surface area contributed by atoms with Crippen LogP contribution in [0.2, 0.25) is 0 Å². The van der Waals surface area contributed by atoms with Crippen molar-refractivity contribution in [1.82, 2.24) is 20.5 Å². The molecule has 2 aromatic heterocycles. The van der Waals surface area contributed by atoms with Gasteiger partial charge in [-0.1, -0.05) is 11.3 Å². The highest BCUT2D eigenvalue weighted by Crippen LogP contribution is 2.36. The van der Waals surface area contributed by atoms with E-state index in [0.29, 0.717) is 30.7 Å². The van der Waals surface area contributed by atoms with E-state index in [-0.39, 0.29) is 12.0 Å². The SMILES string of the molecule is Cc1nnc(N2C[C@@H]3[C@H](CNC(=O)c4cscn4)CO[C@@H]3C2)s1.O=C(O)C(F)(F)F. The number of rotatable bonds is 4. The van der Waals surface area contributed by atoms with Crippen molar-refractivity contribution in [1.29, 1.82) is 0 Å². The van der Waals surface area contributed by atoms with E-state index in [1.165, 1.54) is 11.3 Å². The van der Waals surface area contributed by atoms with E-state index in [0.717, 1.165) is 23.2 Å². The lowest BCUT2D eigenvalue weighted by Crippen LogP contribution is -2.34. The Morgan fingerprint density at radius 1 is 1.37 bits per heavy atom. The van der Waals surface area contributed by atoms with Crippen LogP contribution in [0.3, 0.4) is 0 Å². The van der Waals surface area contributed by atoms with Gasteiger partial charge in [0.05, 0.1) is 18.2 Å². The minimum Gasteiger partial charge on any atom is -0.475 e. The number of fused-ring (bicyclic) bond motifs is 1. The minimum absolute atomic E-state index is 0.107. The van der Waals surface area contributed by atoms with Gasteiger partial charge < -0.3 is 20.1 Å². The second-order valence-electron chi connectivity index (χ2n) is 6.69. The van der Waals surface area contributed by atoms with Crippen molar-refractivity contribution in [3.63, 3.8) is 0 Å². The summed E-state index contributed by atoms with van der Waals surface area (Å²) in [5.41, 5.74) is 2.16. The van der Waals surface area contributed by atoms with Crippen LogP contribution in [-0.4, -0.2) is 70.7 Å². The maximum atomic E-state index is 12.0. The largest absolute Gasteiger partial charge is 0.490 e. The molecule has 0 saturated carbocycles. The first-order valence-electron chi connectivity index (χ1n) is 8.78. The highest BCUT2D eigenvalue weighted by atomic mass is 32.1. The van der Waals surface area contributed by atoms with Crippen molar-refractivity contribution < 1.29 is 32.6 Å². The van der Waals surface area contributed by atoms with E-state index in [1.54, 1.807) is 22.2 Å². The topological polar surface area (TPSA) is 118 Å². The fraction of sp³-hybridized carbons (Fsp3) is 0.562. The summed E-state index contributed by atoms with van der Waals surface area (Å²) in [4.78, 5) is 27.2. The summed E-state index contributed by atoms with van der Waals surface area (Å²) in [6.45, 7) is 5.06. The third-order valence-electron chi connectivity index (χ3n) is 4.66. The molecule has 0 aliphatic carbocycles. The molecule has 0 spiro atoms. The molecule has 2 aliphatic rings. The smallest absolute Gasteiger partial charge is 0.475 e. The first kappa shape index (κ1) is 22.4. The Hall–Kier alpha value is -2.32. The molecule has 1 amide bonds. The number of nitrogens with zero attached hydrogens (tertiary/aromatic N) is 4. The average Bonchev–Trinajstić information content (AvgIpc) is 3.44. The number of aryl methyl sites for hydroxylation is 1. The second kappa shape index (κ2) is 9.22. The predicted octanol–water partition coefficient (Wildman–Crippen LogP) is 1.82. The lowest BCUT2D eigenvalue weighted by Gasteiger charge is -2.18. The van der Waals surface area contributed by atoms with Gasteiger partial charge in [-0.15, -0.1) is 21.5 Å². The molecule has 0 unspecified atom stereocenters. The van der Waals surface area contributed by atoms with Crippen LogP contribution in [0, 0.1) is 18.8 Å². The van der Waals surface area contributed by atoms with Crippen molar-refractivity contribution in [2.45, 2.75) is 19.2 Å². The van der Waals surface area contributed by atoms with E-state index in [4.69, 9.17) is 14.6 Å². The molecule has 0 radical (unpaired) electrons. The maximum absolute atomic E-state index is 12.0. The fourth-order valence-corrected chi connectivity index (χ4v) is 4.46. The fourth-order valence-electron chi connectivity index (χ4n) is 3.22. The number of anilines is 1. The van der Waals surface area contributed by atoms with Crippen LogP contribution in [0.4, 0.5) is 18.3 Å². The third-order valence-corrected chi connectivity index (χ3v) is 6.14. The lowest BCUT2D eigenvalue weighted by atomic mass is 9.93. The van der Waals surface area contributed by atoms with Crippen molar-refractivity contribution >= 4 is 39.7 Å². The molecule has 30 heavy (non-hydrogen) atoms. The van der Waals surface area contributed by atoms with E-state index in [2.05, 4.69) is 25.4 Å². The normalized spacial score (nSPS) is 22.9. The quantitative estimate of drug-likeness (QED) is 0.702. The Labute approximate surface area is 176 Å². The Kier molecular flexibility index (Phi) is 6.88. The Morgan fingerprint density at radius 3 is 2.67 bits per heavy atom.